The smallest absolute Gasteiger partial charge is 0.177 e. The van der Waals surface area contributed by atoms with Gasteiger partial charge in [-0.05, 0) is 18.2 Å². The van der Waals surface area contributed by atoms with Gasteiger partial charge in [0.25, 0.3) is 0 Å². The molecule has 6 heteroatoms. The molecule has 1 heterocycles. The van der Waals surface area contributed by atoms with Gasteiger partial charge < -0.3 is 0 Å². The first-order chi connectivity index (χ1) is 11.1. The Hall–Kier alpha value is -1.75. The van der Waals surface area contributed by atoms with E-state index in [-0.39, 0.29) is 23.3 Å². The van der Waals surface area contributed by atoms with Crippen LogP contribution in [-0.4, -0.2) is 28.3 Å². The lowest BCUT2D eigenvalue weighted by molar-refractivity contribution is 0.101. The first kappa shape index (κ1) is 16.1. The molecule has 0 fully saturated rings. The number of rotatable bonds is 5. The maximum atomic E-state index is 11.7. The molecule has 0 atom stereocenters. The molecule has 0 N–H and O–H groups in total. The van der Waals surface area contributed by atoms with Crippen LogP contribution in [0.25, 0.3) is 20.8 Å². The van der Waals surface area contributed by atoms with Gasteiger partial charge in [0.05, 0.1) is 22.0 Å². The molecule has 3 nitrogen and oxygen atoms in total. The third-order valence-electron chi connectivity index (χ3n) is 3.41. The number of carbonyl (C=O) groups is 2. The van der Waals surface area contributed by atoms with Crippen LogP contribution in [0.1, 0.15) is 20.7 Å². The molecule has 0 saturated heterocycles. The Morgan fingerprint density at radius 3 is 2.17 bits per heavy atom. The molecule has 0 aliphatic heterocycles. The Kier molecular flexibility index (Phi) is 4.76. The molecule has 0 aliphatic rings. The minimum Gasteiger partial charge on any atom is -0.293 e. The molecule has 0 unspecified atom stereocenters. The number of nitrogens with zero attached hydrogens (tertiary/aromatic N) is 1. The van der Waals surface area contributed by atoms with Gasteiger partial charge in [0, 0.05) is 16.7 Å². The molecule has 0 spiro atoms. The lowest BCUT2D eigenvalue weighted by atomic mass is 10.1. The third-order valence-corrected chi connectivity index (χ3v) is 4.96. The van der Waals surface area contributed by atoms with Crippen molar-refractivity contribution in [2.75, 3.05) is 11.8 Å². The van der Waals surface area contributed by atoms with Crippen LogP contribution in [-0.2, 0) is 0 Å². The summed E-state index contributed by atoms with van der Waals surface area (Å²) in [6.45, 7) is 0. The second-order valence-corrected chi connectivity index (χ2v) is 6.46. The predicted octanol–water partition coefficient (Wildman–Crippen LogP) is 4.81. The van der Waals surface area contributed by atoms with Crippen LogP contribution < -0.4 is 0 Å². The van der Waals surface area contributed by atoms with Crippen LogP contribution in [0.5, 0.6) is 0 Å². The van der Waals surface area contributed by atoms with Crippen LogP contribution in [0, 0.1) is 0 Å². The average Bonchev–Trinajstić information content (AvgIpc) is 3.03. The summed E-state index contributed by atoms with van der Waals surface area (Å²) in [4.78, 5) is 27.8. The van der Waals surface area contributed by atoms with E-state index in [1.54, 1.807) is 18.2 Å². The van der Waals surface area contributed by atoms with E-state index in [0.29, 0.717) is 11.1 Å². The zero-order valence-corrected chi connectivity index (χ0v) is 14.2. The van der Waals surface area contributed by atoms with Gasteiger partial charge in [-0.15, -0.1) is 34.5 Å². The summed E-state index contributed by atoms with van der Waals surface area (Å²) >= 11 is 12.6. The number of fused-ring (bicyclic) bond motifs is 1. The second kappa shape index (κ2) is 6.79. The molecule has 0 bridgehead atoms. The standard InChI is InChI=1S/C17H11Cl2NO2S/c18-8-14(21)10-1-3-11(4-2-10)17-20-13-6-5-12(15(22)9-19)7-16(13)23-17/h1-7H,8-9H2. The van der Waals surface area contributed by atoms with Crippen molar-refractivity contribution in [1.29, 1.82) is 0 Å². The number of aromatic nitrogens is 1. The molecule has 3 aromatic rings. The van der Waals surface area contributed by atoms with E-state index in [9.17, 15) is 9.59 Å². The Balaban J connectivity index is 1.97. The third kappa shape index (κ3) is 3.29. The fourth-order valence-corrected chi connectivity index (χ4v) is 3.49. The van der Waals surface area contributed by atoms with Crippen LogP contribution in [0.2, 0.25) is 0 Å². The van der Waals surface area contributed by atoms with E-state index in [2.05, 4.69) is 4.98 Å². The van der Waals surface area contributed by atoms with E-state index in [1.807, 2.05) is 24.3 Å². The first-order valence-electron chi connectivity index (χ1n) is 6.81. The van der Waals surface area contributed by atoms with Crippen molar-refractivity contribution in [2.45, 2.75) is 0 Å². The predicted molar refractivity (Wildman–Crippen MR) is 95.2 cm³/mol. The fourth-order valence-electron chi connectivity index (χ4n) is 2.17. The van der Waals surface area contributed by atoms with Crippen molar-refractivity contribution in [1.82, 2.24) is 4.98 Å². The van der Waals surface area contributed by atoms with E-state index in [0.717, 1.165) is 20.8 Å². The van der Waals surface area contributed by atoms with Crippen molar-refractivity contribution in [3.8, 4) is 10.6 Å². The molecule has 3 rings (SSSR count). The van der Waals surface area contributed by atoms with Crippen molar-refractivity contribution in [3.63, 3.8) is 0 Å². The Labute approximate surface area is 146 Å². The number of carbonyl (C=O) groups excluding carboxylic acids is 2. The van der Waals surface area contributed by atoms with Crippen molar-refractivity contribution < 1.29 is 9.59 Å². The van der Waals surface area contributed by atoms with Gasteiger partial charge in [0.2, 0.25) is 0 Å². The van der Waals surface area contributed by atoms with Gasteiger partial charge >= 0.3 is 0 Å². The van der Waals surface area contributed by atoms with Crippen molar-refractivity contribution >= 4 is 56.3 Å². The van der Waals surface area contributed by atoms with E-state index in [4.69, 9.17) is 23.2 Å². The first-order valence-corrected chi connectivity index (χ1v) is 8.70. The molecule has 0 radical (unpaired) electrons. The average molecular weight is 364 g/mol. The van der Waals surface area contributed by atoms with E-state index in [1.165, 1.54) is 11.3 Å². The number of Topliss-reactive ketones (excluding diaryl/α,β-unsaturated/α-hetero) is 2. The second-order valence-electron chi connectivity index (χ2n) is 4.89. The quantitative estimate of drug-likeness (QED) is 0.482. The summed E-state index contributed by atoms with van der Waals surface area (Å²) in [6, 6.07) is 12.6. The van der Waals surface area contributed by atoms with Gasteiger partial charge in [0.15, 0.2) is 11.6 Å². The zero-order chi connectivity index (χ0) is 16.4. The minimum absolute atomic E-state index is 0.0299. The highest BCUT2D eigenvalue weighted by Crippen LogP contribution is 2.31. The molecule has 1 aromatic heterocycles. The number of thiazole rings is 1. The van der Waals surface area contributed by atoms with Crippen LogP contribution in [0.3, 0.4) is 0 Å². The van der Waals surface area contributed by atoms with Gasteiger partial charge in [-0.2, -0.15) is 0 Å². The van der Waals surface area contributed by atoms with Crippen molar-refractivity contribution in [3.05, 3.63) is 53.6 Å². The normalized spacial score (nSPS) is 10.9. The largest absolute Gasteiger partial charge is 0.293 e. The summed E-state index contributed by atoms with van der Waals surface area (Å²) < 4.78 is 0.928. The number of hydrogen-bond donors (Lipinski definition) is 0. The molecule has 116 valence electrons. The number of hydrogen-bond acceptors (Lipinski definition) is 4. The lowest BCUT2D eigenvalue weighted by Gasteiger charge is -1.99. The molecule has 2 aromatic carbocycles. The van der Waals surface area contributed by atoms with Gasteiger partial charge in [-0.1, -0.05) is 24.3 Å². The topological polar surface area (TPSA) is 47.0 Å². The monoisotopic (exact) mass is 363 g/mol. The maximum absolute atomic E-state index is 11.7. The number of halogens is 2. The van der Waals surface area contributed by atoms with Gasteiger partial charge in [0.1, 0.15) is 5.01 Å². The summed E-state index contributed by atoms with van der Waals surface area (Å²) in [5.74, 6) is -0.273. The molecule has 23 heavy (non-hydrogen) atoms. The van der Waals surface area contributed by atoms with Crippen LogP contribution in [0.4, 0.5) is 0 Å². The minimum atomic E-state index is -0.105. The SMILES string of the molecule is O=C(CCl)c1ccc(-c2nc3ccc(C(=O)CCl)cc3s2)cc1. The number of ketones is 2. The summed E-state index contributed by atoms with van der Waals surface area (Å²) in [5, 5.41) is 0.834. The highest BCUT2D eigenvalue weighted by atomic mass is 35.5. The zero-order valence-electron chi connectivity index (χ0n) is 11.9. The maximum Gasteiger partial charge on any atom is 0.177 e. The van der Waals surface area contributed by atoms with Gasteiger partial charge in [-0.25, -0.2) is 4.98 Å². The number of alkyl halides is 2. The molecule has 0 amide bonds. The van der Waals surface area contributed by atoms with E-state index < -0.39 is 0 Å². The summed E-state index contributed by atoms with van der Waals surface area (Å²) in [7, 11) is 0. The fraction of sp³-hybridized carbons (Fsp3) is 0.118. The van der Waals surface area contributed by atoms with Crippen LogP contribution >= 0.6 is 34.5 Å². The Morgan fingerprint density at radius 2 is 1.52 bits per heavy atom. The van der Waals surface area contributed by atoms with E-state index >= 15 is 0 Å². The highest BCUT2D eigenvalue weighted by molar-refractivity contribution is 7.21. The Bertz CT molecular complexity index is 887. The molecular weight excluding hydrogens is 353 g/mol. The molecular formula is C17H11Cl2NO2S. The highest BCUT2D eigenvalue weighted by Gasteiger charge is 2.11. The van der Waals surface area contributed by atoms with Gasteiger partial charge in [-0.3, -0.25) is 9.59 Å². The molecule has 0 saturated carbocycles. The van der Waals surface area contributed by atoms with Crippen LogP contribution in [0.15, 0.2) is 42.5 Å². The summed E-state index contributed by atoms with van der Waals surface area (Å²) in [5.41, 5.74) is 2.92. The summed E-state index contributed by atoms with van der Waals surface area (Å²) in [6.07, 6.45) is 0. The van der Waals surface area contributed by atoms with Crippen molar-refractivity contribution in [2.24, 2.45) is 0 Å². The Morgan fingerprint density at radius 1 is 0.913 bits per heavy atom. The lowest BCUT2D eigenvalue weighted by Crippen LogP contribution is -1.99. The number of benzene rings is 2. The molecule has 0 aliphatic carbocycles.